The van der Waals surface area contributed by atoms with Gasteiger partial charge in [0.25, 0.3) is 0 Å². The molecule has 0 amide bonds. The fourth-order valence-electron chi connectivity index (χ4n) is 1.49. The molecule has 0 aliphatic carbocycles. The quantitative estimate of drug-likeness (QED) is 0.865. The predicted octanol–water partition coefficient (Wildman–Crippen LogP) is 3.88. The van der Waals surface area contributed by atoms with Gasteiger partial charge in [-0.05, 0) is 46.3 Å². The number of aromatic carboxylic acids is 1. The zero-order chi connectivity index (χ0) is 13.8. The minimum atomic E-state index is -1.01. The van der Waals surface area contributed by atoms with Crippen LogP contribution in [0.1, 0.15) is 16.1 Å². The third-order valence-corrected chi connectivity index (χ3v) is 3.49. The molecule has 6 heteroatoms. The van der Waals surface area contributed by atoms with E-state index in [1.54, 1.807) is 18.3 Å². The fraction of sp³-hybridized carbons (Fsp3) is 0.0769. The molecule has 0 aliphatic rings. The van der Waals surface area contributed by atoms with Gasteiger partial charge in [-0.15, -0.1) is 0 Å². The Morgan fingerprint density at radius 3 is 2.79 bits per heavy atom. The predicted molar refractivity (Wildman–Crippen MR) is 77.4 cm³/mol. The van der Waals surface area contributed by atoms with Crippen LogP contribution in [0.2, 0.25) is 0 Å². The Morgan fingerprint density at radius 2 is 2.11 bits per heavy atom. The van der Waals surface area contributed by atoms with Gasteiger partial charge in [-0.1, -0.05) is 15.9 Å². The normalized spacial score (nSPS) is 10.2. The number of carboxylic acids is 1. The number of hydrogen-bond donors (Lipinski definition) is 1. The minimum Gasteiger partial charge on any atom is -0.486 e. The molecule has 1 aromatic carbocycles. The molecule has 98 valence electrons. The summed E-state index contributed by atoms with van der Waals surface area (Å²) in [6.45, 7) is 0.0999. The van der Waals surface area contributed by atoms with Crippen LogP contribution in [0.4, 0.5) is 0 Å². The molecular weight excluding hydrogens is 378 g/mol. The van der Waals surface area contributed by atoms with Gasteiger partial charge in [0.2, 0.25) is 0 Å². The molecule has 1 N–H and O–H groups in total. The van der Waals surface area contributed by atoms with Crippen molar-refractivity contribution >= 4 is 37.8 Å². The van der Waals surface area contributed by atoms with E-state index < -0.39 is 5.97 Å². The van der Waals surface area contributed by atoms with Crippen LogP contribution in [0.5, 0.6) is 5.75 Å². The Morgan fingerprint density at radius 1 is 1.32 bits per heavy atom. The average Bonchev–Trinajstić information content (AvgIpc) is 2.38. The van der Waals surface area contributed by atoms with Crippen LogP contribution < -0.4 is 4.74 Å². The molecule has 0 radical (unpaired) electrons. The summed E-state index contributed by atoms with van der Waals surface area (Å²) >= 11 is 6.72. The largest absolute Gasteiger partial charge is 0.486 e. The van der Waals surface area contributed by atoms with Crippen molar-refractivity contribution in [2.45, 2.75) is 6.61 Å². The zero-order valence-electron chi connectivity index (χ0n) is 9.64. The van der Waals surface area contributed by atoms with E-state index in [4.69, 9.17) is 9.84 Å². The molecule has 0 spiro atoms. The van der Waals surface area contributed by atoms with Gasteiger partial charge >= 0.3 is 5.97 Å². The van der Waals surface area contributed by atoms with E-state index >= 15 is 0 Å². The van der Waals surface area contributed by atoms with Crippen LogP contribution in [0.25, 0.3) is 0 Å². The molecule has 2 rings (SSSR count). The number of ether oxygens (including phenoxy) is 1. The van der Waals surface area contributed by atoms with Crippen LogP contribution in [-0.2, 0) is 6.61 Å². The Hall–Kier alpha value is -1.40. The number of carbonyl (C=O) groups is 1. The van der Waals surface area contributed by atoms with Crippen LogP contribution >= 0.6 is 31.9 Å². The van der Waals surface area contributed by atoms with E-state index in [1.165, 1.54) is 6.07 Å². The summed E-state index contributed by atoms with van der Waals surface area (Å²) in [7, 11) is 0. The lowest BCUT2D eigenvalue weighted by molar-refractivity contribution is 0.0693. The maximum absolute atomic E-state index is 11.0. The molecule has 0 bridgehead atoms. The molecule has 0 aliphatic heterocycles. The van der Waals surface area contributed by atoms with Crippen LogP contribution in [0.3, 0.4) is 0 Å². The molecular formula is C13H9Br2NO3. The standard InChI is InChI=1S/C13H9Br2NO3/c14-8-3-4-12(10(15)6-8)19-7-11-9(13(17)18)2-1-5-16-11/h1-6H,7H2,(H,17,18). The molecule has 0 saturated heterocycles. The van der Waals surface area contributed by atoms with Crippen LogP contribution in [0, 0.1) is 0 Å². The number of pyridine rings is 1. The molecule has 1 heterocycles. The third kappa shape index (κ3) is 3.54. The van der Waals surface area contributed by atoms with Gasteiger partial charge in [-0.2, -0.15) is 0 Å². The average molecular weight is 387 g/mol. The molecule has 2 aromatic rings. The first-order chi connectivity index (χ1) is 9.08. The van der Waals surface area contributed by atoms with Gasteiger partial charge in [0.15, 0.2) is 0 Å². The Bertz CT molecular complexity index is 617. The van der Waals surface area contributed by atoms with Gasteiger partial charge in [-0.25, -0.2) is 4.79 Å². The van der Waals surface area contributed by atoms with Crippen molar-refractivity contribution in [1.29, 1.82) is 0 Å². The van der Waals surface area contributed by atoms with Crippen molar-refractivity contribution in [3.8, 4) is 5.75 Å². The number of nitrogens with zero attached hydrogens (tertiary/aromatic N) is 1. The summed E-state index contributed by atoms with van der Waals surface area (Å²) in [6, 6.07) is 8.58. The third-order valence-electron chi connectivity index (χ3n) is 2.38. The Labute approximate surface area is 126 Å². The van der Waals surface area contributed by atoms with Gasteiger partial charge in [0.1, 0.15) is 12.4 Å². The van der Waals surface area contributed by atoms with Crippen molar-refractivity contribution in [2.75, 3.05) is 0 Å². The first-order valence-electron chi connectivity index (χ1n) is 5.33. The minimum absolute atomic E-state index is 0.0999. The smallest absolute Gasteiger partial charge is 0.337 e. The first kappa shape index (κ1) is 14.0. The molecule has 0 saturated carbocycles. The highest BCUT2D eigenvalue weighted by molar-refractivity contribution is 9.11. The van der Waals surface area contributed by atoms with Crippen molar-refractivity contribution in [3.63, 3.8) is 0 Å². The second-order valence-electron chi connectivity index (χ2n) is 3.67. The monoisotopic (exact) mass is 385 g/mol. The first-order valence-corrected chi connectivity index (χ1v) is 6.91. The number of carboxylic acid groups (broad SMARTS) is 1. The molecule has 19 heavy (non-hydrogen) atoms. The summed E-state index contributed by atoms with van der Waals surface area (Å²) in [5.74, 6) is -0.383. The lowest BCUT2D eigenvalue weighted by Gasteiger charge is -2.09. The highest BCUT2D eigenvalue weighted by Gasteiger charge is 2.11. The molecule has 4 nitrogen and oxygen atoms in total. The Kier molecular flexibility index (Phi) is 4.55. The second kappa shape index (κ2) is 6.16. The number of benzene rings is 1. The summed E-state index contributed by atoms with van der Waals surface area (Å²) in [6.07, 6.45) is 1.54. The Balaban J connectivity index is 2.17. The fourth-order valence-corrected chi connectivity index (χ4v) is 2.65. The SMILES string of the molecule is O=C(O)c1cccnc1COc1ccc(Br)cc1Br. The van der Waals surface area contributed by atoms with E-state index in [0.29, 0.717) is 11.4 Å². The van der Waals surface area contributed by atoms with Gasteiger partial charge in [-0.3, -0.25) is 4.98 Å². The van der Waals surface area contributed by atoms with Crippen molar-refractivity contribution < 1.29 is 14.6 Å². The van der Waals surface area contributed by atoms with Crippen molar-refractivity contribution in [1.82, 2.24) is 4.98 Å². The summed E-state index contributed by atoms with van der Waals surface area (Å²) in [4.78, 5) is 15.1. The van der Waals surface area contributed by atoms with E-state index in [-0.39, 0.29) is 12.2 Å². The number of hydrogen-bond acceptors (Lipinski definition) is 3. The summed E-state index contributed by atoms with van der Waals surface area (Å²) in [5.41, 5.74) is 0.542. The topological polar surface area (TPSA) is 59.4 Å². The molecule has 0 unspecified atom stereocenters. The number of aromatic nitrogens is 1. The van der Waals surface area contributed by atoms with Crippen LogP contribution in [-0.4, -0.2) is 16.1 Å². The maximum Gasteiger partial charge on any atom is 0.337 e. The summed E-state index contributed by atoms with van der Waals surface area (Å²) < 4.78 is 7.29. The second-order valence-corrected chi connectivity index (χ2v) is 5.44. The van der Waals surface area contributed by atoms with E-state index in [0.717, 1.165) is 8.95 Å². The molecule has 1 aromatic heterocycles. The lowest BCUT2D eigenvalue weighted by atomic mass is 10.2. The van der Waals surface area contributed by atoms with Gasteiger partial charge < -0.3 is 9.84 Å². The summed E-state index contributed by atoms with van der Waals surface area (Å²) in [5, 5.41) is 9.04. The van der Waals surface area contributed by atoms with E-state index in [9.17, 15) is 4.79 Å². The van der Waals surface area contributed by atoms with Gasteiger partial charge in [0.05, 0.1) is 15.7 Å². The number of halogens is 2. The number of rotatable bonds is 4. The van der Waals surface area contributed by atoms with E-state index in [2.05, 4.69) is 36.8 Å². The molecule has 0 fully saturated rings. The zero-order valence-corrected chi connectivity index (χ0v) is 12.8. The van der Waals surface area contributed by atoms with Crippen LogP contribution in [0.15, 0.2) is 45.5 Å². The van der Waals surface area contributed by atoms with E-state index in [1.807, 2.05) is 12.1 Å². The maximum atomic E-state index is 11.0. The van der Waals surface area contributed by atoms with Crippen molar-refractivity contribution in [2.24, 2.45) is 0 Å². The highest BCUT2D eigenvalue weighted by atomic mass is 79.9. The highest BCUT2D eigenvalue weighted by Crippen LogP contribution is 2.28. The molecule has 0 atom stereocenters. The van der Waals surface area contributed by atoms with Gasteiger partial charge in [0, 0.05) is 10.7 Å². The lowest BCUT2D eigenvalue weighted by Crippen LogP contribution is -2.07. The van der Waals surface area contributed by atoms with Crippen molar-refractivity contribution in [3.05, 3.63) is 56.7 Å².